The minimum Gasteiger partial charge on any atom is -0.352 e. The predicted molar refractivity (Wildman–Crippen MR) is 78.4 cm³/mol. The summed E-state index contributed by atoms with van der Waals surface area (Å²) in [6, 6.07) is 1.63. The molecule has 100 valence electrons. The lowest BCUT2D eigenvalue weighted by Gasteiger charge is -2.07. The van der Waals surface area contributed by atoms with E-state index in [4.69, 9.17) is 11.6 Å². The summed E-state index contributed by atoms with van der Waals surface area (Å²) in [6.07, 6.45) is 4.03. The Morgan fingerprint density at radius 1 is 1.56 bits per heavy atom. The molecule has 1 aromatic heterocycles. The second-order valence-electron chi connectivity index (χ2n) is 4.43. The Morgan fingerprint density at radius 3 is 3.00 bits per heavy atom. The Kier molecular flexibility index (Phi) is 7.13. The van der Waals surface area contributed by atoms with E-state index in [0.717, 1.165) is 18.1 Å². The fraction of sp³-hybridized carbons (Fsp3) is 0.538. The van der Waals surface area contributed by atoms with Crippen LogP contribution in [0.1, 0.15) is 30.6 Å². The fourth-order valence-corrected chi connectivity index (χ4v) is 2.54. The molecule has 1 aromatic rings. The van der Waals surface area contributed by atoms with Gasteiger partial charge in [0.15, 0.2) is 0 Å². The molecule has 0 atom stereocenters. The molecule has 5 heteroatoms. The minimum atomic E-state index is -0.128. The highest BCUT2D eigenvalue weighted by Gasteiger charge is 2.08. The number of hydrogen-bond acceptors (Lipinski definition) is 3. The molecule has 0 aliphatic rings. The Hall–Kier alpha value is -0.740. The van der Waals surface area contributed by atoms with Gasteiger partial charge < -0.3 is 5.32 Å². The van der Waals surface area contributed by atoms with Gasteiger partial charge in [0.1, 0.15) is 0 Å². The van der Waals surface area contributed by atoms with Crippen LogP contribution in [0.4, 0.5) is 0 Å². The largest absolute Gasteiger partial charge is 0.352 e. The van der Waals surface area contributed by atoms with Gasteiger partial charge in [-0.15, -0.1) is 0 Å². The molecular formula is C13H19ClN2OS. The molecule has 3 nitrogen and oxygen atoms in total. The van der Waals surface area contributed by atoms with E-state index in [1.807, 2.05) is 11.8 Å². The first kappa shape index (κ1) is 15.3. The van der Waals surface area contributed by atoms with Crippen LogP contribution >= 0.6 is 23.4 Å². The van der Waals surface area contributed by atoms with Crippen LogP contribution in [0.2, 0.25) is 5.02 Å². The maximum absolute atomic E-state index is 11.8. The number of aromatic nitrogens is 1. The SMILES string of the molecule is CC(C)CSCCCNC(=O)c1ccncc1Cl. The van der Waals surface area contributed by atoms with Crippen LogP contribution in [0, 0.1) is 5.92 Å². The van der Waals surface area contributed by atoms with E-state index < -0.39 is 0 Å². The molecule has 0 aliphatic carbocycles. The highest BCUT2D eigenvalue weighted by molar-refractivity contribution is 7.99. The second kappa shape index (κ2) is 8.38. The smallest absolute Gasteiger partial charge is 0.252 e. The lowest BCUT2D eigenvalue weighted by atomic mass is 10.2. The van der Waals surface area contributed by atoms with Gasteiger partial charge in [-0.25, -0.2) is 0 Å². The third-order valence-corrected chi connectivity index (χ3v) is 4.00. The zero-order valence-electron chi connectivity index (χ0n) is 10.8. The lowest BCUT2D eigenvalue weighted by molar-refractivity contribution is 0.0954. The van der Waals surface area contributed by atoms with Crippen LogP contribution in [0.3, 0.4) is 0 Å². The summed E-state index contributed by atoms with van der Waals surface area (Å²) < 4.78 is 0. The van der Waals surface area contributed by atoms with E-state index in [9.17, 15) is 4.79 Å². The molecule has 0 fully saturated rings. The normalized spacial score (nSPS) is 10.7. The standard InChI is InChI=1S/C13H19ClN2OS/c1-10(2)9-18-7-3-5-16-13(17)11-4-6-15-8-12(11)14/h4,6,8,10H,3,5,7,9H2,1-2H3,(H,16,17). The van der Waals surface area contributed by atoms with E-state index in [2.05, 4.69) is 24.1 Å². The number of rotatable bonds is 7. The maximum Gasteiger partial charge on any atom is 0.252 e. The molecule has 0 saturated carbocycles. The summed E-state index contributed by atoms with van der Waals surface area (Å²) in [6.45, 7) is 5.10. The van der Waals surface area contributed by atoms with Gasteiger partial charge in [-0.1, -0.05) is 25.4 Å². The zero-order valence-corrected chi connectivity index (χ0v) is 12.4. The van der Waals surface area contributed by atoms with E-state index in [1.165, 1.54) is 11.9 Å². The van der Waals surface area contributed by atoms with Crippen molar-refractivity contribution in [1.82, 2.24) is 10.3 Å². The summed E-state index contributed by atoms with van der Waals surface area (Å²) >= 11 is 7.81. The second-order valence-corrected chi connectivity index (χ2v) is 5.99. The van der Waals surface area contributed by atoms with Gasteiger partial charge >= 0.3 is 0 Å². The number of nitrogens with one attached hydrogen (secondary N) is 1. The van der Waals surface area contributed by atoms with Crippen LogP contribution in [0.25, 0.3) is 0 Å². The van der Waals surface area contributed by atoms with Crippen LogP contribution in [0.5, 0.6) is 0 Å². The Balaban J connectivity index is 2.20. The van der Waals surface area contributed by atoms with Crippen molar-refractivity contribution >= 4 is 29.3 Å². The van der Waals surface area contributed by atoms with Crippen LogP contribution in [-0.2, 0) is 0 Å². The highest BCUT2D eigenvalue weighted by Crippen LogP contribution is 2.13. The van der Waals surface area contributed by atoms with Crippen molar-refractivity contribution in [3.8, 4) is 0 Å². The molecule has 1 amide bonds. The van der Waals surface area contributed by atoms with Gasteiger partial charge in [-0.05, 0) is 29.9 Å². The lowest BCUT2D eigenvalue weighted by Crippen LogP contribution is -2.25. The quantitative estimate of drug-likeness (QED) is 0.783. The van der Waals surface area contributed by atoms with E-state index in [0.29, 0.717) is 17.1 Å². The molecule has 0 bridgehead atoms. The summed E-state index contributed by atoms with van der Waals surface area (Å²) in [5.74, 6) is 2.84. The highest BCUT2D eigenvalue weighted by atomic mass is 35.5. The number of halogens is 1. The molecule has 0 saturated heterocycles. The number of carbonyl (C=O) groups is 1. The monoisotopic (exact) mass is 286 g/mol. The number of pyridine rings is 1. The molecule has 1 rings (SSSR count). The van der Waals surface area contributed by atoms with E-state index in [1.54, 1.807) is 12.3 Å². The molecule has 1 N–H and O–H groups in total. The molecule has 1 heterocycles. The van der Waals surface area contributed by atoms with Crippen molar-refractivity contribution in [3.05, 3.63) is 29.0 Å². The molecular weight excluding hydrogens is 268 g/mol. The van der Waals surface area contributed by atoms with E-state index in [-0.39, 0.29) is 5.91 Å². The van der Waals surface area contributed by atoms with Crippen molar-refractivity contribution in [1.29, 1.82) is 0 Å². The number of hydrogen-bond donors (Lipinski definition) is 1. The Labute approximate surface area is 118 Å². The molecule has 0 spiro atoms. The first-order valence-corrected chi connectivity index (χ1v) is 7.60. The van der Waals surface area contributed by atoms with Crippen molar-refractivity contribution in [2.75, 3.05) is 18.1 Å². The first-order chi connectivity index (χ1) is 8.61. The van der Waals surface area contributed by atoms with Gasteiger partial charge in [0.2, 0.25) is 0 Å². The Bertz CT molecular complexity index is 385. The molecule has 0 unspecified atom stereocenters. The number of carbonyl (C=O) groups excluding carboxylic acids is 1. The van der Waals surface area contributed by atoms with E-state index >= 15 is 0 Å². The molecule has 0 aliphatic heterocycles. The fourth-order valence-electron chi connectivity index (χ4n) is 1.35. The Morgan fingerprint density at radius 2 is 2.33 bits per heavy atom. The third-order valence-electron chi connectivity index (χ3n) is 2.22. The molecule has 0 radical (unpaired) electrons. The van der Waals surface area contributed by atoms with Gasteiger partial charge in [0.05, 0.1) is 10.6 Å². The van der Waals surface area contributed by atoms with Crippen LogP contribution in [0.15, 0.2) is 18.5 Å². The first-order valence-electron chi connectivity index (χ1n) is 6.06. The van der Waals surface area contributed by atoms with Gasteiger partial charge in [-0.3, -0.25) is 9.78 Å². The van der Waals surface area contributed by atoms with Gasteiger partial charge in [0, 0.05) is 18.9 Å². The number of nitrogens with zero attached hydrogens (tertiary/aromatic N) is 1. The van der Waals surface area contributed by atoms with Crippen molar-refractivity contribution in [3.63, 3.8) is 0 Å². The van der Waals surface area contributed by atoms with Gasteiger partial charge in [0.25, 0.3) is 5.91 Å². The van der Waals surface area contributed by atoms with Crippen molar-refractivity contribution in [2.45, 2.75) is 20.3 Å². The predicted octanol–water partition coefficient (Wildman–Crippen LogP) is 3.24. The zero-order chi connectivity index (χ0) is 13.4. The maximum atomic E-state index is 11.8. The number of amides is 1. The average molecular weight is 287 g/mol. The third kappa shape index (κ3) is 5.74. The summed E-state index contributed by atoms with van der Waals surface area (Å²) in [5.41, 5.74) is 0.488. The summed E-state index contributed by atoms with van der Waals surface area (Å²) in [7, 11) is 0. The summed E-state index contributed by atoms with van der Waals surface area (Å²) in [5, 5.41) is 3.26. The van der Waals surface area contributed by atoms with Crippen LogP contribution < -0.4 is 5.32 Å². The molecule has 0 aromatic carbocycles. The molecule has 18 heavy (non-hydrogen) atoms. The van der Waals surface area contributed by atoms with Crippen molar-refractivity contribution in [2.24, 2.45) is 5.92 Å². The topological polar surface area (TPSA) is 42.0 Å². The van der Waals surface area contributed by atoms with Gasteiger partial charge in [-0.2, -0.15) is 11.8 Å². The van der Waals surface area contributed by atoms with Crippen molar-refractivity contribution < 1.29 is 4.79 Å². The summed E-state index contributed by atoms with van der Waals surface area (Å²) in [4.78, 5) is 15.6. The minimum absolute atomic E-state index is 0.128. The average Bonchev–Trinajstić information content (AvgIpc) is 2.33. The number of thioether (sulfide) groups is 1. The van der Waals surface area contributed by atoms with Crippen LogP contribution in [-0.4, -0.2) is 28.9 Å².